The molecule has 0 atom stereocenters. The molecule has 1 rings (SSSR count). The smallest absolute Gasteiger partial charge is 0.149 e. The van der Waals surface area contributed by atoms with Gasteiger partial charge in [0.15, 0.2) is 0 Å². The molecule has 15 heavy (non-hydrogen) atoms. The summed E-state index contributed by atoms with van der Waals surface area (Å²) in [4.78, 5) is 0. The van der Waals surface area contributed by atoms with Crippen LogP contribution in [0.25, 0.3) is 0 Å². The Morgan fingerprint density at radius 1 is 1.20 bits per heavy atom. The van der Waals surface area contributed by atoms with Gasteiger partial charge in [0.25, 0.3) is 0 Å². The number of halogens is 2. The number of para-hydroxylation sites is 1. The standard InChI is InChI=1S/C10H13F2NO2/c11-8-2-1-3-9(12)10(8)13-4-6-15-7-5-14/h1-3,13-14H,4-7H2. The van der Waals surface area contributed by atoms with Crippen molar-refractivity contribution in [3.63, 3.8) is 0 Å². The molecule has 0 spiro atoms. The molecule has 0 fully saturated rings. The van der Waals surface area contributed by atoms with Crippen LogP contribution in [0.15, 0.2) is 18.2 Å². The van der Waals surface area contributed by atoms with Crippen LogP contribution in [0.1, 0.15) is 0 Å². The van der Waals surface area contributed by atoms with Crippen molar-refractivity contribution >= 4 is 5.69 Å². The Balaban J connectivity index is 2.37. The Hall–Kier alpha value is -1.20. The lowest BCUT2D eigenvalue weighted by atomic mass is 10.3. The highest BCUT2D eigenvalue weighted by molar-refractivity contribution is 5.45. The van der Waals surface area contributed by atoms with E-state index in [0.717, 1.165) is 0 Å². The molecule has 0 saturated carbocycles. The zero-order valence-electron chi connectivity index (χ0n) is 8.17. The van der Waals surface area contributed by atoms with Crippen LogP contribution in [0, 0.1) is 11.6 Å². The van der Waals surface area contributed by atoms with Crippen molar-refractivity contribution in [1.82, 2.24) is 0 Å². The van der Waals surface area contributed by atoms with E-state index in [1.807, 2.05) is 0 Å². The number of aliphatic hydroxyl groups is 1. The first-order valence-corrected chi connectivity index (χ1v) is 4.62. The van der Waals surface area contributed by atoms with Crippen LogP contribution < -0.4 is 5.32 Å². The van der Waals surface area contributed by atoms with E-state index in [-0.39, 0.29) is 32.1 Å². The number of benzene rings is 1. The molecule has 2 N–H and O–H groups in total. The highest BCUT2D eigenvalue weighted by Crippen LogP contribution is 2.17. The van der Waals surface area contributed by atoms with Crippen LogP contribution in [0.3, 0.4) is 0 Å². The maximum Gasteiger partial charge on any atom is 0.149 e. The highest BCUT2D eigenvalue weighted by atomic mass is 19.1. The summed E-state index contributed by atoms with van der Waals surface area (Å²) in [6.45, 7) is 0.738. The number of hydrogen-bond acceptors (Lipinski definition) is 3. The summed E-state index contributed by atoms with van der Waals surface area (Å²) in [5.74, 6) is -1.26. The first-order valence-electron chi connectivity index (χ1n) is 4.62. The Kier molecular flexibility index (Phi) is 5.00. The van der Waals surface area contributed by atoms with Gasteiger partial charge >= 0.3 is 0 Å². The molecule has 0 heterocycles. The molecule has 0 bridgehead atoms. The minimum Gasteiger partial charge on any atom is -0.394 e. The second kappa shape index (κ2) is 6.31. The molecule has 1 aromatic carbocycles. The van der Waals surface area contributed by atoms with Crippen molar-refractivity contribution < 1.29 is 18.6 Å². The van der Waals surface area contributed by atoms with Gasteiger partial charge in [0, 0.05) is 6.54 Å². The van der Waals surface area contributed by atoms with E-state index >= 15 is 0 Å². The predicted molar refractivity (Wildman–Crippen MR) is 52.8 cm³/mol. The average molecular weight is 217 g/mol. The van der Waals surface area contributed by atoms with E-state index in [9.17, 15) is 8.78 Å². The third-order valence-corrected chi connectivity index (χ3v) is 1.75. The molecule has 0 aliphatic carbocycles. The maximum atomic E-state index is 13.0. The van der Waals surface area contributed by atoms with Gasteiger partial charge in [0.05, 0.1) is 19.8 Å². The second-order valence-electron chi connectivity index (χ2n) is 2.86. The topological polar surface area (TPSA) is 41.5 Å². The number of hydrogen-bond donors (Lipinski definition) is 2. The summed E-state index contributed by atoms with van der Waals surface area (Å²) in [7, 11) is 0. The van der Waals surface area contributed by atoms with Gasteiger partial charge in [-0.1, -0.05) is 6.07 Å². The number of anilines is 1. The average Bonchev–Trinajstić information content (AvgIpc) is 2.21. The Morgan fingerprint density at radius 3 is 2.47 bits per heavy atom. The minimum absolute atomic E-state index is 0.0614. The van der Waals surface area contributed by atoms with Crippen LogP contribution in [0.5, 0.6) is 0 Å². The van der Waals surface area contributed by atoms with Crippen molar-refractivity contribution in [3.8, 4) is 0 Å². The summed E-state index contributed by atoms with van der Waals surface area (Å²) in [6, 6.07) is 3.66. The van der Waals surface area contributed by atoms with Gasteiger partial charge in [-0.2, -0.15) is 0 Å². The van der Waals surface area contributed by atoms with Crippen molar-refractivity contribution in [2.45, 2.75) is 0 Å². The molecule has 0 saturated heterocycles. The third kappa shape index (κ3) is 3.81. The zero-order chi connectivity index (χ0) is 11.1. The van der Waals surface area contributed by atoms with Crippen LogP contribution in [-0.4, -0.2) is 31.5 Å². The van der Waals surface area contributed by atoms with Crippen LogP contribution in [0.2, 0.25) is 0 Å². The first-order chi connectivity index (χ1) is 7.25. The number of rotatable bonds is 6. The molecule has 5 heteroatoms. The Bertz CT molecular complexity index is 287. The van der Waals surface area contributed by atoms with E-state index < -0.39 is 11.6 Å². The summed E-state index contributed by atoms with van der Waals surface area (Å²) < 4.78 is 31.0. The van der Waals surface area contributed by atoms with E-state index in [0.29, 0.717) is 0 Å². The monoisotopic (exact) mass is 217 g/mol. The molecular weight excluding hydrogens is 204 g/mol. The van der Waals surface area contributed by atoms with Crippen LogP contribution in [-0.2, 0) is 4.74 Å². The first kappa shape index (κ1) is 11.9. The lowest BCUT2D eigenvalue weighted by molar-refractivity contribution is 0.0991. The lowest BCUT2D eigenvalue weighted by Crippen LogP contribution is -2.13. The Labute approximate surface area is 86.7 Å². The molecule has 0 aliphatic rings. The van der Waals surface area contributed by atoms with Crippen molar-refractivity contribution in [3.05, 3.63) is 29.8 Å². The van der Waals surface area contributed by atoms with Gasteiger partial charge in [-0.15, -0.1) is 0 Å². The molecule has 0 radical (unpaired) electrons. The summed E-state index contributed by atoms with van der Waals surface area (Å²) in [5.41, 5.74) is -0.148. The second-order valence-corrected chi connectivity index (χ2v) is 2.86. The fourth-order valence-electron chi connectivity index (χ4n) is 1.08. The lowest BCUT2D eigenvalue weighted by Gasteiger charge is -2.08. The fourth-order valence-corrected chi connectivity index (χ4v) is 1.08. The Morgan fingerprint density at radius 2 is 1.87 bits per heavy atom. The van der Waals surface area contributed by atoms with Crippen molar-refractivity contribution in [1.29, 1.82) is 0 Å². The van der Waals surface area contributed by atoms with Crippen molar-refractivity contribution in [2.75, 3.05) is 31.7 Å². The SMILES string of the molecule is OCCOCCNc1c(F)cccc1F. The summed E-state index contributed by atoms with van der Waals surface area (Å²) in [6.07, 6.45) is 0. The van der Waals surface area contributed by atoms with Crippen LogP contribution in [0.4, 0.5) is 14.5 Å². The van der Waals surface area contributed by atoms with Gasteiger partial charge < -0.3 is 15.2 Å². The largest absolute Gasteiger partial charge is 0.394 e. The van der Waals surface area contributed by atoms with Crippen LogP contribution >= 0.6 is 0 Å². The number of nitrogens with one attached hydrogen (secondary N) is 1. The normalized spacial score (nSPS) is 10.3. The van der Waals surface area contributed by atoms with Gasteiger partial charge in [-0.25, -0.2) is 8.78 Å². The van der Waals surface area contributed by atoms with E-state index in [4.69, 9.17) is 9.84 Å². The molecule has 1 aromatic rings. The summed E-state index contributed by atoms with van der Waals surface area (Å²) >= 11 is 0. The quantitative estimate of drug-likeness (QED) is 0.707. The van der Waals surface area contributed by atoms with E-state index in [1.54, 1.807) is 0 Å². The molecular formula is C10H13F2NO2. The zero-order valence-corrected chi connectivity index (χ0v) is 8.17. The van der Waals surface area contributed by atoms with Gasteiger partial charge in [-0.3, -0.25) is 0 Å². The van der Waals surface area contributed by atoms with E-state index in [2.05, 4.69) is 5.32 Å². The molecule has 0 amide bonds. The molecule has 0 aliphatic heterocycles. The van der Waals surface area contributed by atoms with Gasteiger partial charge in [0.1, 0.15) is 17.3 Å². The predicted octanol–water partition coefficient (Wildman–Crippen LogP) is 1.39. The minimum atomic E-state index is -0.628. The molecule has 84 valence electrons. The van der Waals surface area contributed by atoms with Gasteiger partial charge in [-0.05, 0) is 12.1 Å². The summed E-state index contributed by atoms with van der Waals surface area (Å²) in [5, 5.41) is 11.0. The fraction of sp³-hybridized carbons (Fsp3) is 0.400. The van der Waals surface area contributed by atoms with Gasteiger partial charge in [0.2, 0.25) is 0 Å². The molecule has 0 unspecified atom stereocenters. The molecule has 3 nitrogen and oxygen atoms in total. The van der Waals surface area contributed by atoms with Crippen molar-refractivity contribution in [2.24, 2.45) is 0 Å². The maximum absolute atomic E-state index is 13.0. The molecule has 0 aromatic heterocycles. The van der Waals surface area contributed by atoms with E-state index in [1.165, 1.54) is 18.2 Å². The highest BCUT2D eigenvalue weighted by Gasteiger charge is 2.06. The number of aliphatic hydroxyl groups excluding tert-OH is 1. The third-order valence-electron chi connectivity index (χ3n) is 1.75. The number of ether oxygens (including phenoxy) is 1.